The van der Waals surface area contributed by atoms with Crippen molar-refractivity contribution in [3.8, 4) is 16.9 Å². The quantitative estimate of drug-likeness (QED) is 0.279. The molecule has 172 valence electrons. The van der Waals surface area contributed by atoms with Gasteiger partial charge < -0.3 is 14.6 Å². The summed E-state index contributed by atoms with van der Waals surface area (Å²) in [6.07, 6.45) is 3.61. The van der Waals surface area contributed by atoms with Crippen LogP contribution in [0.15, 0.2) is 121 Å². The summed E-state index contributed by atoms with van der Waals surface area (Å²) in [5, 5.41) is 3.97. The predicted octanol–water partition coefficient (Wildman–Crippen LogP) is 7.24. The maximum atomic E-state index is 12.1. The fraction of sp³-hybridized carbons (Fsp3) is 0.0645. The first-order valence-electron chi connectivity index (χ1n) is 11.7. The molecule has 1 amide bonds. The number of amides is 1. The van der Waals surface area contributed by atoms with Crippen molar-refractivity contribution in [2.24, 2.45) is 0 Å². The van der Waals surface area contributed by atoms with Gasteiger partial charge in [0.25, 0.3) is 0 Å². The van der Waals surface area contributed by atoms with Crippen LogP contribution in [-0.2, 0) is 11.3 Å². The number of rotatable bonds is 7. The molecule has 5 rings (SSSR count). The van der Waals surface area contributed by atoms with Crippen LogP contribution in [0.2, 0.25) is 0 Å². The van der Waals surface area contributed by atoms with Crippen molar-refractivity contribution in [2.45, 2.75) is 6.61 Å². The number of benzene rings is 4. The highest BCUT2D eigenvalue weighted by molar-refractivity contribution is 5.99. The molecule has 0 atom stereocenters. The maximum absolute atomic E-state index is 12.1. The summed E-state index contributed by atoms with van der Waals surface area (Å²) in [6, 6.07) is 38.8. The van der Waals surface area contributed by atoms with Gasteiger partial charge in [-0.2, -0.15) is 0 Å². The Morgan fingerprint density at radius 2 is 1.40 bits per heavy atom. The van der Waals surface area contributed by atoms with Gasteiger partial charge in [-0.25, -0.2) is 4.79 Å². The number of ether oxygens (including phenoxy) is 1. The molecule has 0 saturated carbocycles. The smallest absolute Gasteiger partial charge is 0.407 e. The van der Waals surface area contributed by atoms with E-state index in [1.54, 1.807) is 0 Å². The second-order valence-electron chi connectivity index (χ2n) is 8.16. The Kier molecular flexibility index (Phi) is 6.72. The van der Waals surface area contributed by atoms with E-state index in [0.29, 0.717) is 6.54 Å². The van der Waals surface area contributed by atoms with Crippen molar-refractivity contribution in [3.63, 3.8) is 0 Å². The lowest BCUT2D eigenvalue weighted by atomic mass is 10.0. The van der Waals surface area contributed by atoms with E-state index < -0.39 is 6.09 Å². The van der Waals surface area contributed by atoms with Crippen LogP contribution in [0.3, 0.4) is 0 Å². The average Bonchev–Trinajstić information content (AvgIpc) is 3.26. The number of carbonyl (C=O) groups is 1. The van der Waals surface area contributed by atoms with Crippen LogP contribution in [0.25, 0.3) is 33.9 Å². The molecule has 1 aromatic heterocycles. The van der Waals surface area contributed by atoms with Gasteiger partial charge in [-0.05, 0) is 29.3 Å². The van der Waals surface area contributed by atoms with E-state index in [2.05, 4.69) is 88.8 Å². The van der Waals surface area contributed by atoms with E-state index >= 15 is 0 Å². The standard InChI is InChI=1S/C31H26N2O2/c34-31(35-23-24-13-4-1-5-14-24)32-22-12-20-28-27-19-10-11-21-29(27)33(26-17-8-3-9-18-26)30(28)25-15-6-2-7-16-25/h1-21H,22-23H2,(H,32,34). The third-order valence-electron chi connectivity index (χ3n) is 5.84. The van der Waals surface area contributed by atoms with Gasteiger partial charge in [0, 0.05) is 23.2 Å². The second-order valence-corrected chi connectivity index (χ2v) is 8.16. The molecule has 0 saturated heterocycles. The zero-order valence-corrected chi connectivity index (χ0v) is 19.3. The Hall–Kier alpha value is -4.57. The largest absolute Gasteiger partial charge is 0.445 e. The molecule has 0 unspecified atom stereocenters. The van der Waals surface area contributed by atoms with E-state index in [1.807, 2.05) is 48.5 Å². The van der Waals surface area contributed by atoms with Crippen molar-refractivity contribution in [3.05, 3.63) is 132 Å². The van der Waals surface area contributed by atoms with Gasteiger partial charge in [-0.15, -0.1) is 0 Å². The van der Waals surface area contributed by atoms with Gasteiger partial charge in [-0.3, -0.25) is 0 Å². The molecule has 4 aromatic carbocycles. The fourth-order valence-corrected chi connectivity index (χ4v) is 4.25. The average molecular weight is 459 g/mol. The van der Waals surface area contributed by atoms with Gasteiger partial charge in [-0.1, -0.05) is 109 Å². The highest BCUT2D eigenvalue weighted by Crippen LogP contribution is 2.37. The van der Waals surface area contributed by atoms with Gasteiger partial charge in [0.05, 0.1) is 11.2 Å². The van der Waals surface area contributed by atoms with E-state index in [0.717, 1.165) is 39.0 Å². The summed E-state index contributed by atoms with van der Waals surface area (Å²) in [7, 11) is 0. The van der Waals surface area contributed by atoms with Crippen LogP contribution in [0, 0.1) is 0 Å². The lowest BCUT2D eigenvalue weighted by Gasteiger charge is -2.12. The summed E-state index contributed by atoms with van der Waals surface area (Å²) in [6.45, 7) is 0.617. The number of carbonyl (C=O) groups excluding carboxylic acids is 1. The normalized spacial score (nSPS) is 11.1. The summed E-state index contributed by atoms with van der Waals surface area (Å²) in [4.78, 5) is 12.1. The van der Waals surface area contributed by atoms with Crippen molar-refractivity contribution >= 4 is 23.1 Å². The minimum Gasteiger partial charge on any atom is -0.445 e. The molecule has 0 bridgehead atoms. The highest BCUT2D eigenvalue weighted by Gasteiger charge is 2.17. The number of hydrogen-bond acceptors (Lipinski definition) is 2. The molecule has 0 aliphatic carbocycles. The van der Waals surface area contributed by atoms with Gasteiger partial charge in [0.1, 0.15) is 6.61 Å². The number of nitrogens with zero attached hydrogens (tertiary/aromatic N) is 1. The molecule has 0 fully saturated rings. The minimum atomic E-state index is -0.437. The van der Waals surface area contributed by atoms with Crippen LogP contribution in [0.1, 0.15) is 11.1 Å². The monoisotopic (exact) mass is 458 g/mol. The molecule has 4 heteroatoms. The number of aromatic nitrogens is 1. The third kappa shape index (κ3) is 5.02. The van der Waals surface area contributed by atoms with Crippen molar-refractivity contribution in [1.29, 1.82) is 0 Å². The SMILES string of the molecule is O=C(NCC=Cc1c(-c2ccccc2)n(-c2ccccc2)c2ccccc12)OCc1ccccc1. The Balaban J connectivity index is 1.44. The van der Waals surface area contributed by atoms with Crippen LogP contribution >= 0.6 is 0 Å². The molecule has 35 heavy (non-hydrogen) atoms. The zero-order valence-electron chi connectivity index (χ0n) is 19.3. The molecular formula is C31H26N2O2. The molecule has 0 aliphatic heterocycles. The molecule has 1 heterocycles. The number of alkyl carbamates (subject to hydrolysis) is 1. The van der Waals surface area contributed by atoms with E-state index in [9.17, 15) is 4.79 Å². The number of nitrogens with one attached hydrogen (secondary N) is 1. The van der Waals surface area contributed by atoms with Crippen molar-refractivity contribution in [2.75, 3.05) is 6.54 Å². The minimum absolute atomic E-state index is 0.249. The highest BCUT2D eigenvalue weighted by atomic mass is 16.5. The number of hydrogen-bond donors (Lipinski definition) is 1. The van der Waals surface area contributed by atoms with Crippen molar-refractivity contribution < 1.29 is 9.53 Å². The molecule has 4 nitrogen and oxygen atoms in total. The molecule has 0 spiro atoms. The topological polar surface area (TPSA) is 43.3 Å². The molecular weight excluding hydrogens is 432 g/mol. The zero-order chi connectivity index (χ0) is 23.9. The Morgan fingerprint density at radius 1 is 0.771 bits per heavy atom. The van der Waals surface area contributed by atoms with E-state index in [-0.39, 0.29) is 6.61 Å². The van der Waals surface area contributed by atoms with E-state index in [4.69, 9.17) is 4.74 Å². The second kappa shape index (κ2) is 10.6. The lowest BCUT2D eigenvalue weighted by Crippen LogP contribution is -2.24. The first-order chi connectivity index (χ1) is 17.3. The summed E-state index contributed by atoms with van der Waals surface area (Å²) in [5.41, 5.74) is 6.54. The van der Waals surface area contributed by atoms with Gasteiger partial charge >= 0.3 is 6.09 Å². The third-order valence-corrected chi connectivity index (χ3v) is 5.84. The number of para-hydroxylation sites is 2. The fourth-order valence-electron chi connectivity index (χ4n) is 4.25. The Morgan fingerprint density at radius 3 is 2.14 bits per heavy atom. The van der Waals surface area contributed by atoms with Crippen LogP contribution in [-0.4, -0.2) is 17.2 Å². The van der Waals surface area contributed by atoms with E-state index in [1.165, 1.54) is 0 Å². The van der Waals surface area contributed by atoms with Gasteiger partial charge in [0.15, 0.2) is 0 Å². The summed E-state index contributed by atoms with van der Waals surface area (Å²) >= 11 is 0. The Bertz CT molecular complexity index is 1440. The number of fused-ring (bicyclic) bond motifs is 1. The maximum Gasteiger partial charge on any atom is 0.407 e. The molecule has 0 radical (unpaired) electrons. The van der Waals surface area contributed by atoms with Crippen molar-refractivity contribution in [1.82, 2.24) is 9.88 Å². The first-order valence-corrected chi connectivity index (χ1v) is 11.7. The first kappa shape index (κ1) is 22.2. The predicted molar refractivity (Wildman–Crippen MR) is 142 cm³/mol. The molecule has 1 N–H and O–H groups in total. The van der Waals surface area contributed by atoms with Gasteiger partial charge in [0.2, 0.25) is 0 Å². The lowest BCUT2D eigenvalue weighted by molar-refractivity contribution is 0.141. The summed E-state index contributed by atoms with van der Waals surface area (Å²) < 4.78 is 7.62. The molecule has 5 aromatic rings. The Labute approximate surface area is 205 Å². The van der Waals surface area contributed by atoms with Crippen LogP contribution in [0.5, 0.6) is 0 Å². The van der Waals surface area contributed by atoms with Crippen LogP contribution in [0.4, 0.5) is 4.79 Å². The summed E-state index contributed by atoms with van der Waals surface area (Å²) in [5.74, 6) is 0. The molecule has 0 aliphatic rings. The van der Waals surface area contributed by atoms with Crippen LogP contribution < -0.4 is 5.32 Å².